The van der Waals surface area contributed by atoms with Crippen LogP contribution in [0.25, 0.3) is 0 Å². The second kappa shape index (κ2) is 7.57. The number of carbonyl (C=O) groups is 3. The van der Waals surface area contributed by atoms with Crippen LogP contribution in [-0.4, -0.2) is 34.8 Å². The van der Waals surface area contributed by atoms with Crippen LogP contribution >= 0.6 is 0 Å². The van der Waals surface area contributed by atoms with Gasteiger partial charge in [0.25, 0.3) is 5.91 Å². The van der Waals surface area contributed by atoms with Gasteiger partial charge in [-0.2, -0.15) is 0 Å². The van der Waals surface area contributed by atoms with Gasteiger partial charge in [0.15, 0.2) is 0 Å². The summed E-state index contributed by atoms with van der Waals surface area (Å²) < 4.78 is 13.2. The van der Waals surface area contributed by atoms with Crippen molar-refractivity contribution in [2.45, 2.75) is 25.3 Å². The molecule has 1 unspecified atom stereocenters. The van der Waals surface area contributed by atoms with E-state index in [9.17, 15) is 18.8 Å². The van der Waals surface area contributed by atoms with Crippen molar-refractivity contribution in [3.63, 3.8) is 0 Å². The number of halogens is 1. The van der Waals surface area contributed by atoms with E-state index in [0.29, 0.717) is 12.8 Å². The van der Waals surface area contributed by atoms with E-state index in [0.717, 1.165) is 16.5 Å². The minimum atomic E-state index is -1.06. The molecule has 7 heteroatoms. The van der Waals surface area contributed by atoms with E-state index in [1.54, 1.807) is 6.92 Å². The van der Waals surface area contributed by atoms with E-state index < -0.39 is 35.7 Å². The molecule has 2 N–H and O–H groups in total. The number of hydrogen-bond donors (Lipinski definition) is 2. The van der Waals surface area contributed by atoms with Gasteiger partial charge in [0.05, 0.1) is 0 Å². The Balaban J connectivity index is 1.62. The molecule has 0 aromatic heterocycles. The molecular weight excluding hydrogens is 349 g/mol. The molecule has 1 aliphatic rings. The summed E-state index contributed by atoms with van der Waals surface area (Å²) in [5.41, 5.74) is 0.258. The van der Waals surface area contributed by atoms with Crippen LogP contribution < -0.4 is 10.6 Å². The molecule has 4 amide bonds. The fourth-order valence-corrected chi connectivity index (χ4v) is 3.01. The maximum atomic E-state index is 13.2. The average Bonchev–Trinajstić information content (AvgIpc) is 2.84. The van der Waals surface area contributed by atoms with Crippen molar-refractivity contribution in [3.05, 3.63) is 66.0 Å². The molecule has 0 bridgehead atoms. The Hall–Kier alpha value is -3.22. The first kappa shape index (κ1) is 18.6. The molecule has 0 saturated carbocycles. The number of nitrogens with zero attached hydrogens (tertiary/aromatic N) is 1. The third kappa shape index (κ3) is 4.31. The molecule has 27 heavy (non-hydrogen) atoms. The smallest absolute Gasteiger partial charge is 0.324 e. The van der Waals surface area contributed by atoms with E-state index >= 15 is 0 Å². The first-order valence-electron chi connectivity index (χ1n) is 8.61. The number of anilines is 1. The first-order chi connectivity index (χ1) is 12.9. The maximum absolute atomic E-state index is 13.2. The fourth-order valence-electron chi connectivity index (χ4n) is 3.01. The molecule has 0 spiro atoms. The number of nitrogens with one attached hydrogen (secondary N) is 2. The minimum Gasteiger partial charge on any atom is -0.324 e. The number of rotatable bonds is 6. The van der Waals surface area contributed by atoms with E-state index in [2.05, 4.69) is 10.6 Å². The van der Waals surface area contributed by atoms with Crippen molar-refractivity contribution in [2.75, 3.05) is 11.9 Å². The van der Waals surface area contributed by atoms with Crippen LogP contribution in [0.3, 0.4) is 0 Å². The van der Waals surface area contributed by atoms with Gasteiger partial charge in [-0.15, -0.1) is 0 Å². The lowest BCUT2D eigenvalue weighted by Crippen LogP contribution is -2.45. The maximum Gasteiger partial charge on any atom is 0.325 e. The van der Waals surface area contributed by atoms with E-state index in [4.69, 9.17) is 0 Å². The highest BCUT2D eigenvalue weighted by atomic mass is 19.1. The molecule has 0 aliphatic carbocycles. The molecule has 0 radical (unpaired) electrons. The Kier molecular flexibility index (Phi) is 5.21. The van der Waals surface area contributed by atoms with Crippen LogP contribution in [0.1, 0.15) is 18.9 Å². The van der Waals surface area contributed by atoms with Gasteiger partial charge in [-0.25, -0.2) is 9.18 Å². The Morgan fingerprint density at radius 1 is 1.15 bits per heavy atom. The van der Waals surface area contributed by atoms with E-state index in [1.165, 1.54) is 18.2 Å². The number of imide groups is 1. The molecular formula is C20H20FN3O3. The summed E-state index contributed by atoms with van der Waals surface area (Å²) >= 11 is 0. The lowest BCUT2D eigenvalue weighted by molar-refractivity contribution is -0.133. The van der Waals surface area contributed by atoms with Gasteiger partial charge in [-0.3, -0.25) is 14.5 Å². The topological polar surface area (TPSA) is 78.5 Å². The summed E-state index contributed by atoms with van der Waals surface area (Å²) in [6.45, 7) is 1.22. The zero-order chi connectivity index (χ0) is 19.4. The van der Waals surface area contributed by atoms with Crippen molar-refractivity contribution < 1.29 is 18.8 Å². The van der Waals surface area contributed by atoms with Crippen LogP contribution in [0.15, 0.2) is 54.6 Å². The number of urea groups is 1. The predicted octanol–water partition coefficient (Wildman–Crippen LogP) is 2.71. The molecule has 1 atom stereocenters. The van der Waals surface area contributed by atoms with Crippen molar-refractivity contribution >= 4 is 23.5 Å². The van der Waals surface area contributed by atoms with Gasteiger partial charge in [0.2, 0.25) is 5.91 Å². The van der Waals surface area contributed by atoms with E-state index in [-0.39, 0.29) is 5.69 Å². The lowest BCUT2D eigenvalue weighted by Gasteiger charge is -2.21. The Morgan fingerprint density at radius 2 is 1.89 bits per heavy atom. The number of carbonyl (C=O) groups excluding carboxylic acids is 3. The predicted molar refractivity (Wildman–Crippen MR) is 98.4 cm³/mol. The highest BCUT2D eigenvalue weighted by Gasteiger charge is 2.47. The molecule has 2 aromatic carbocycles. The van der Waals surface area contributed by atoms with Crippen molar-refractivity contribution in [2.24, 2.45) is 0 Å². The van der Waals surface area contributed by atoms with Crippen molar-refractivity contribution in [3.8, 4) is 0 Å². The van der Waals surface area contributed by atoms with Crippen molar-refractivity contribution in [1.29, 1.82) is 0 Å². The monoisotopic (exact) mass is 369 g/mol. The molecule has 3 rings (SSSR count). The summed E-state index contributed by atoms with van der Waals surface area (Å²) in [5.74, 6) is -1.51. The first-order valence-corrected chi connectivity index (χ1v) is 8.61. The van der Waals surface area contributed by atoms with Crippen LogP contribution in [-0.2, 0) is 16.0 Å². The number of aryl methyl sites for hydroxylation is 1. The standard InChI is InChI=1S/C20H20FN3O3/c1-20(11-10-14-6-3-2-4-7-14)18(26)24(19(27)23-20)13-17(25)22-16-9-5-8-15(21)12-16/h2-9,12H,10-11,13H2,1H3,(H,22,25)(H,23,27). The number of benzene rings is 2. The van der Waals surface area contributed by atoms with Gasteiger partial charge in [0.1, 0.15) is 17.9 Å². The second-order valence-electron chi connectivity index (χ2n) is 6.70. The van der Waals surface area contributed by atoms with Crippen LogP contribution in [0, 0.1) is 5.82 Å². The zero-order valence-corrected chi connectivity index (χ0v) is 14.9. The lowest BCUT2D eigenvalue weighted by atomic mass is 9.93. The quantitative estimate of drug-likeness (QED) is 0.769. The van der Waals surface area contributed by atoms with E-state index in [1.807, 2.05) is 30.3 Å². The Morgan fingerprint density at radius 3 is 2.59 bits per heavy atom. The molecule has 1 aliphatic heterocycles. The van der Waals surface area contributed by atoms with Crippen LogP contribution in [0.4, 0.5) is 14.9 Å². The SMILES string of the molecule is CC1(CCc2ccccc2)NC(=O)N(CC(=O)Nc2cccc(F)c2)C1=O. The molecule has 1 saturated heterocycles. The molecule has 1 fully saturated rings. The van der Waals surface area contributed by atoms with Crippen LogP contribution in [0.2, 0.25) is 0 Å². The molecule has 1 heterocycles. The summed E-state index contributed by atoms with van der Waals surface area (Å²) in [6, 6.07) is 14.4. The van der Waals surface area contributed by atoms with Crippen LogP contribution in [0.5, 0.6) is 0 Å². The van der Waals surface area contributed by atoms with Gasteiger partial charge in [0, 0.05) is 5.69 Å². The summed E-state index contributed by atoms with van der Waals surface area (Å²) in [5, 5.41) is 5.16. The minimum absolute atomic E-state index is 0.263. The Labute approximate surface area is 156 Å². The summed E-state index contributed by atoms with van der Waals surface area (Å²) in [7, 11) is 0. The third-order valence-electron chi connectivity index (χ3n) is 4.51. The molecule has 6 nitrogen and oxygen atoms in total. The van der Waals surface area contributed by atoms with Gasteiger partial charge in [-0.05, 0) is 43.5 Å². The van der Waals surface area contributed by atoms with Crippen molar-refractivity contribution in [1.82, 2.24) is 10.2 Å². The highest BCUT2D eigenvalue weighted by molar-refractivity contribution is 6.09. The normalized spacial score (nSPS) is 19.1. The Bertz CT molecular complexity index is 872. The highest BCUT2D eigenvalue weighted by Crippen LogP contribution is 2.23. The average molecular weight is 369 g/mol. The second-order valence-corrected chi connectivity index (χ2v) is 6.70. The fraction of sp³-hybridized carbons (Fsp3) is 0.250. The molecule has 2 aromatic rings. The van der Waals surface area contributed by atoms with Gasteiger partial charge >= 0.3 is 6.03 Å². The van der Waals surface area contributed by atoms with Gasteiger partial charge < -0.3 is 10.6 Å². The third-order valence-corrected chi connectivity index (χ3v) is 4.51. The zero-order valence-electron chi connectivity index (χ0n) is 14.9. The molecule has 140 valence electrons. The number of amides is 4. The summed E-state index contributed by atoms with van der Waals surface area (Å²) in [6.07, 6.45) is 1.04. The van der Waals surface area contributed by atoms with Gasteiger partial charge in [-0.1, -0.05) is 36.4 Å². The summed E-state index contributed by atoms with van der Waals surface area (Å²) in [4.78, 5) is 38.0. The largest absolute Gasteiger partial charge is 0.325 e. The number of hydrogen-bond acceptors (Lipinski definition) is 3.